The number of allylic oxidation sites excluding steroid dienone is 2. The van der Waals surface area contributed by atoms with Gasteiger partial charge in [0.1, 0.15) is 0 Å². The lowest BCUT2D eigenvalue weighted by molar-refractivity contribution is 0.645. The summed E-state index contributed by atoms with van der Waals surface area (Å²) in [5.41, 5.74) is 1.51. The molecule has 0 saturated heterocycles. The molecule has 2 aromatic carbocycles. The molecule has 0 saturated carbocycles. The largest absolute Gasteiger partial charge is 0.0885 e. The summed E-state index contributed by atoms with van der Waals surface area (Å²) in [6.07, 6.45) is 19.4. The summed E-state index contributed by atoms with van der Waals surface area (Å²) < 4.78 is 0. The van der Waals surface area contributed by atoms with E-state index in [2.05, 4.69) is 61.5 Å². The van der Waals surface area contributed by atoms with Crippen LogP contribution in [0.1, 0.15) is 76.7 Å². The average molecular weight is 323 g/mol. The van der Waals surface area contributed by atoms with Crippen molar-refractivity contribution in [1.82, 2.24) is 0 Å². The Morgan fingerprint density at radius 1 is 0.667 bits per heavy atom. The molecule has 0 spiro atoms. The van der Waals surface area contributed by atoms with Crippen LogP contribution in [0.15, 0.2) is 54.6 Å². The second kappa shape index (κ2) is 11.9. The molecule has 0 nitrogen and oxygen atoms in total. The molecule has 0 aromatic heterocycles. The fourth-order valence-electron chi connectivity index (χ4n) is 3.37. The van der Waals surface area contributed by atoms with Crippen molar-refractivity contribution in [3.8, 4) is 0 Å². The maximum atomic E-state index is 2.40. The van der Waals surface area contributed by atoms with Crippen molar-refractivity contribution < 1.29 is 0 Å². The lowest BCUT2D eigenvalue weighted by atomic mass is 9.99. The van der Waals surface area contributed by atoms with E-state index in [0.29, 0.717) is 0 Å². The van der Waals surface area contributed by atoms with Crippen LogP contribution < -0.4 is 0 Å². The number of hydrogen-bond donors (Lipinski definition) is 0. The molecule has 2 aromatic rings. The molecule has 130 valence electrons. The first kappa shape index (κ1) is 18.8. The van der Waals surface area contributed by atoms with Crippen LogP contribution in [0.25, 0.3) is 10.8 Å². The van der Waals surface area contributed by atoms with Crippen LogP contribution in [0.4, 0.5) is 0 Å². The van der Waals surface area contributed by atoms with Gasteiger partial charge in [0.15, 0.2) is 0 Å². The summed E-state index contributed by atoms with van der Waals surface area (Å²) in [5.74, 6) is 0. The second-order valence-corrected chi connectivity index (χ2v) is 6.91. The van der Waals surface area contributed by atoms with E-state index in [1.54, 1.807) is 0 Å². The Morgan fingerprint density at radius 2 is 1.33 bits per heavy atom. The van der Waals surface area contributed by atoms with E-state index in [1.165, 1.54) is 87.0 Å². The fraction of sp³-hybridized carbons (Fsp3) is 0.500. The molecule has 0 N–H and O–H groups in total. The van der Waals surface area contributed by atoms with Gasteiger partial charge in [0.25, 0.3) is 0 Å². The van der Waals surface area contributed by atoms with Crippen LogP contribution in [0.5, 0.6) is 0 Å². The second-order valence-electron chi connectivity index (χ2n) is 6.91. The maximum absolute atomic E-state index is 2.40. The minimum absolute atomic E-state index is 1.22. The summed E-state index contributed by atoms with van der Waals surface area (Å²) in [5, 5.41) is 2.81. The van der Waals surface area contributed by atoms with E-state index in [9.17, 15) is 0 Å². The molecule has 0 aliphatic rings. The predicted molar refractivity (Wildman–Crippen MR) is 109 cm³/mol. The van der Waals surface area contributed by atoms with Crippen molar-refractivity contribution in [3.63, 3.8) is 0 Å². The third-order valence-electron chi connectivity index (χ3n) is 4.84. The monoisotopic (exact) mass is 322 g/mol. The van der Waals surface area contributed by atoms with E-state index in [0.717, 1.165) is 0 Å². The van der Waals surface area contributed by atoms with Gasteiger partial charge in [-0.25, -0.2) is 0 Å². The Kier molecular flexibility index (Phi) is 9.31. The van der Waals surface area contributed by atoms with Crippen LogP contribution in [0.2, 0.25) is 0 Å². The van der Waals surface area contributed by atoms with Gasteiger partial charge in [-0.15, -0.1) is 0 Å². The summed E-state index contributed by atoms with van der Waals surface area (Å²) in [7, 11) is 0. The van der Waals surface area contributed by atoms with Crippen molar-refractivity contribution in [3.05, 3.63) is 60.2 Å². The van der Waals surface area contributed by atoms with E-state index >= 15 is 0 Å². The number of aryl methyl sites for hydroxylation is 1. The maximum Gasteiger partial charge on any atom is -0.0152 e. The van der Waals surface area contributed by atoms with Crippen LogP contribution >= 0.6 is 0 Å². The lowest BCUT2D eigenvalue weighted by Gasteiger charge is -2.06. The first-order chi connectivity index (χ1) is 11.9. The van der Waals surface area contributed by atoms with Gasteiger partial charge < -0.3 is 0 Å². The van der Waals surface area contributed by atoms with Gasteiger partial charge in [0, 0.05) is 0 Å². The average Bonchev–Trinajstić information content (AvgIpc) is 2.63. The molecule has 24 heavy (non-hydrogen) atoms. The highest BCUT2D eigenvalue weighted by atomic mass is 14.0. The van der Waals surface area contributed by atoms with Gasteiger partial charge in [-0.3, -0.25) is 0 Å². The zero-order valence-electron chi connectivity index (χ0n) is 15.5. The Hall–Kier alpha value is -1.56. The molecule has 0 aliphatic carbocycles. The summed E-state index contributed by atoms with van der Waals surface area (Å²) in [6.45, 7) is 2.27. The van der Waals surface area contributed by atoms with E-state index < -0.39 is 0 Å². The zero-order valence-corrected chi connectivity index (χ0v) is 15.5. The van der Waals surface area contributed by atoms with Gasteiger partial charge in [0.2, 0.25) is 0 Å². The minimum Gasteiger partial charge on any atom is -0.0885 e. The van der Waals surface area contributed by atoms with Crippen molar-refractivity contribution in [2.75, 3.05) is 0 Å². The number of rotatable bonds is 12. The highest BCUT2D eigenvalue weighted by Crippen LogP contribution is 2.20. The van der Waals surface area contributed by atoms with E-state index in [4.69, 9.17) is 0 Å². The molecule has 0 aliphatic heterocycles. The van der Waals surface area contributed by atoms with E-state index in [1.807, 2.05) is 0 Å². The Bertz CT molecular complexity index is 589. The molecule has 0 atom stereocenters. The lowest BCUT2D eigenvalue weighted by Crippen LogP contribution is -1.88. The van der Waals surface area contributed by atoms with Crippen molar-refractivity contribution in [2.24, 2.45) is 0 Å². The van der Waals surface area contributed by atoms with Crippen LogP contribution in [0.3, 0.4) is 0 Å². The van der Waals surface area contributed by atoms with Crippen molar-refractivity contribution >= 4 is 10.8 Å². The quantitative estimate of drug-likeness (QED) is 0.275. The third-order valence-corrected chi connectivity index (χ3v) is 4.84. The van der Waals surface area contributed by atoms with E-state index in [-0.39, 0.29) is 0 Å². The summed E-state index contributed by atoms with van der Waals surface area (Å²) >= 11 is 0. The molecular formula is C24H34. The molecule has 0 amide bonds. The third kappa shape index (κ3) is 6.91. The summed E-state index contributed by atoms with van der Waals surface area (Å²) in [6, 6.07) is 15.5. The highest BCUT2D eigenvalue weighted by Gasteiger charge is 1.99. The topological polar surface area (TPSA) is 0 Å². The molecule has 0 bridgehead atoms. The van der Waals surface area contributed by atoms with Gasteiger partial charge >= 0.3 is 0 Å². The molecule has 0 unspecified atom stereocenters. The molecule has 0 heteroatoms. The smallest absolute Gasteiger partial charge is 0.0152 e. The fourth-order valence-corrected chi connectivity index (χ4v) is 3.37. The Labute approximate surface area is 149 Å². The molecular weight excluding hydrogens is 288 g/mol. The number of hydrogen-bond acceptors (Lipinski definition) is 0. The van der Waals surface area contributed by atoms with Gasteiger partial charge in [-0.1, -0.05) is 93.6 Å². The molecule has 2 rings (SSSR count). The number of benzene rings is 2. The molecule has 0 heterocycles. The van der Waals surface area contributed by atoms with Gasteiger partial charge in [-0.2, -0.15) is 0 Å². The van der Waals surface area contributed by atoms with Crippen molar-refractivity contribution in [2.45, 2.75) is 77.6 Å². The highest BCUT2D eigenvalue weighted by molar-refractivity contribution is 5.85. The van der Waals surface area contributed by atoms with Gasteiger partial charge in [-0.05, 0) is 54.9 Å². The van der Waals surface area contributed by atoms with Crippen LogP contribution in [0, 0.1) is 0 Å². The SMILES string of the molecule is CCCCCC/C=C/CCCCCCc1cccc2ccccc12. The standard InChI is InChI=1S/C24H34/c1-2-3-4-5-6-7-8-9-10-11-12-13-17-22-19-16-20-23-18-14-15-21-24(22)23/h7-8,14-16,18-21H,2-6,9-13,17H2,1H3/b8-7+. The molecule has 0 fully saturated rings. The minimum atomic E-state index is 1.22. The Morgan fingerprint density at radius 3 is 2.12 bits per heavy atom. The first-order valence-electron chi connectivity index (χ1n) is 10.0. The summed E-state index contributed by atoms with van der Waals surface area (Å²) in [4.78, 5) is 0. The van der Waals surface area contributed by atoms with Crippen LogP contribution in [-0.4, -0.2) is 0 Å². The Balaban J connectivity index is 1.54. The predicted octanol–water partition coefficient (Wildman–Crippen LogP) is 7.86. The van der Waals surface area contributed by atoms with Gasteiger partial charge in [0.05, 0.1) is 0 Å². The number of unbranched alkanes of at least 4 members (excludes halogenated alkanes) is 8. The van der Waals surface area contributed by atoms with Crippen molar-refractivity contribution in [1.29, 1.82) is 0 Å². The molecule has 0 radical (unpaired) electrons. The number of fused-ring (bicyclic) bond motifs is 1. The van der Waals surface area contributed by atoms with Crippen LogP contribution in [-0.2, 0) is 6.42 Å². The normalized spacial score (nSPS) is 11.5. The zero-order chi connectivity index (χ0) is 16.9. The first-order valence-corrected chi connectivity index (χ1v) is 10.0.